The summed E-state index contributed by atoms with van der Waals surface area (Å²) in [5, 5.41) is 4.67. The second-order valence-corrected chi connectivity index (χ2v) is 5.24. The zero-order chi connectivity index (χ0) is 15.7. The highest BCUT2D eigenvalue weighted by atomic mass is 35.5. The van der Waals surface area contributed by atoms with E-state index in [9.17, 15) is 4.79 Å². The maximum absolute atomic E-state index is 12.2. The number of aryl methyl sites for hydroxylation is 1. The normalized spacial score (nSPS) is 10.5. The Kier molecular flexibility index (Phi) is 3.59. The number of carbonyl (C=O) groups is 1. The van der Waals surface area contributed by atoms with Gasteiger partial charge in [0.2, 0.25) is 0 Å². The number of azide groups is 1. The molecule has 0 N–H and O–H groups in total. The Morgan fingerprint density at radius 2 is 1.95 bits per heavy atom. The first-order chi connectivity index (χ1) is 10.6. The maximum Gasteiger partial charge on any atom is 0.266 e. The minimum atomic E-state index is -0.615. The Morgan fingerprint density at radius 1 is 1.23 bits per heavy atom. The largest absolute Gasteiger partial charge is 0.341 e. The summed E-state index contributed by atoms with van der Waals surface area (Å²) in [7, 11) is 1.77. The van der Waals surface area contributed by atoms with Crippen LogP contribution >= 0.6 is 11.6 Å². The second-order valence-electron chi connectivity index (χ2n) is 4.80. The van der Waals surface area contributed by atoms with E-state index in [0.717, 1.165) is 22.0 Å². The van der Waals surface area contributed by atoms with Gasteiger partial charge in [0.1, 0.15) is 5.69 Å². The highest BCUT2D eigenvalue weighted by molar-refractivity contribution is 6.31. The number of rotatable bonds is 2. The molecule has 0 unspecified atom stereocenters. The Balaban J connectivity index is 2.45. The van der Waals surface area contributed by atoms with E-state index < -0.39 is 5.91 Å². The molecule has 0 aliphatic heterocycles. The zero-order valence-corrected chi connectivity index (χ0v) is 12.4. The molecule has 1 heterocycles. The lowest BCUT2D eigenvalue weighted by molar-refractivity contribution is 0.0994. The minimum absolute atomic E-state index is 0.348. The fraction of sp³-hybridized carbons (Fsp3) is 0.0625. The van der Waals surface area contributed by atoms with Crippen LogP contribution in [0, 0.1) is 0 Å². The standard InChI is InChI=1S/C16H11ClN4O/c1-21-13-8-7-11(17)9-12(13)14(10-5-3-2-4-6-10)15(21)16(22)19-20-18/h2-9H,1H3. The highest BCUT2D eigenvalue weighted by Gasteiger charge is 2.21. The monoisotopic (exact) mass is 310 g/mol. The van der Waals surface area contributed by atoms with Gasteiger partial charge in [-0.05, 0) is 34.4 Å². The van der Waals surface area contributed by atoms with Crippen molar-refractivity contribution in [1.29, 1.82) is 0 Å². The van der Waals surface area contributed by atoms with E-state index in [4.69, 9.17) is 17.1 Å². The van der Waals surface area contributed by atoms with Gasteiger partial charge in [-0.15, -0.1) is 0 Å². The summed E-state index contributed by atoms with van der Waals surface area (Å²) < 4.78 is 1.73. The lowest BCUT2D eigenvalue weighted by Gasteiger charge is -2.04. The highest BCUT2D eigenvalue weighted by Crippen LogP contribution is 2.36. The number of hydrogen-bond acceptors (Lipinski definition) is 1. The van der Waals surface area contributed by atoms with Gasteiger partial charge in [0.15, 0.2) is 0 Å². The van der Waals surface area contributed by atoms with Crippen LogP contribution in [0.4, 0.5) is 0 Å². The molecule has 1 aromatic heterocycles. The summed E-state index contributed by atoms with van der Waals surface area (Å²) in [6.45, 7) is 0. The van der Waals surface area contributed by atoms with Crippen LogP contribution < -0.4 is 0 Å². The first kappa shape index (κ1) is 14.2. The van der Waals surface area contributed by atoms with Crippen LogP contribution in [0.3, 0.4) is 0 Å². The summed E-state index contributed by atoms with van der Waals surface area (Å²) in [4.78, 5) is 14.9. The predicted octanol–water partition coefficient (Wildman–Crippen LogP) is 4.95. The Hall–Kier alpha value is -2.75. The molecule has 3 aromatic rings. The van der Waals surface area contributed by atoms with Crippen molar-refractivity contribution in [2.45, 2.75) is 0 Å². The molecule has 0 aliphatic rings. The fourth-order valence-corrected chi connectivity index (χ4v) is 2.82. The number of fused-ring (bicyclic) bond motifs is 1. The van der Waals surface area contributed by atoms with Gasteiger partial charge >= 0.3 is 0 Å². The summed E-state index contributed by atoms with van der Waals surface area (Å²) in [6, 6.07) is 14.9. The SMILES string of the molecule is Cn1c(C(=O)N=[N+]=[N-])c(-c2ccccc2)c2cc(Cl)ccc21. The molecular formula is C16H11ClN4O. The van der Waals surface area contributed by atoms with Crippen LogP contribution in [-0.2, 0) is 7.05 Å². The van der Waals surface area contributed by atoms with E-state index >= 15 is 0 Å². The molecule has 0 spiro atoms. The quantitative estimate of drug-likeness (QED) is 0.375. The first-order valence-electron chi connectivity index (χ1n) is 6.56. The molecule has 0 bridgehead atoms. The van der Waals surface area contributed by atoms with Gasteiger partial charge in [-0.25, -0.2) is 0 Å². The van der Waals surface area contributed by atoms with Crippen LogP contribution in [0.5, 0.6) is 0 Å². The average Bonchev–Trinajstić information content (AvgIpc) is 2.81. The molecule has 2 aromatic carbocycles. The van der Waals surface area contributed by atoms with Gasteiger partial charge < -0.3 is 4.57 Å². The van der Waals surface area contributed by atoms with Crippen LogP contribution in [0.15, 0.2) is 53.6 Å². The van der Waals surface area contributed by atoms with Gasteiger partial charge in [-0.2, -0.15) is 0 Å². The smallest absolute Gasteiger partial charge is 0.266 e. The molecular weight excluding hydrogens is 300 g/mol. The molecule has 0 radical (unpaired) electrons. The Morgan fingerprint density at radius 3 is 2.64 bits per heavy atom. The molecule has 6 heteroatoms. The molecule has 22 heavy (non-hydrogen) atoms. The van der Waals surface area contributed by atoms with Crippen LogP contribution in [0.2, 0.25) is 5.02 Å². The third-order valence-corrected chi connectivity index (χ3v) is 3.80. The van der Waals surface area contributed by atoms with Crippen molar-refractivity contribution in [2.24, 2.45) is 12.2 Å². The molecule has 1 amide bonds. The number of aromatic nitrogens is 1. The predicted molar refractivity (Wildman–Crippen MR) is 86.8 cm³/mol. The lowest BCUT2D eigenvalue weighted by atomic mass is 10.0. The zero-order valence-electron chi connectivity index (χ0n) is 11.7. The summed E-state index contributed by atoms with van der Waals surface area (Å²) in [5.41, 5.74) is 11.4. The van der Waals surface area contributed by atoms with E-state index in [2.05, 4.69) is 10.0 Å². The van der Waals surface area contributed by atoms with Crippen molar-refractivity contribution >= 4 is 28.4 Å². The van der Waals surface area contributed by atoms with Gasteiger partial charge in [0, 0.05) is 33.4 Å². The molecule has 108 valence electrons. The van der Waals surface area contributed by atoms with Gasteiger partial charge in [-0.1, -0.05) is 41.9 Å². The van der Waals surface area contributed by atoms with Gasteiger partial charge in [-0.3, -0.25) is 4.79 Å². The fourth-order valence-electron chi connectivity index (χ4n) is 2.65. The summed E-state index contributed by atoms with van der Waals surface area (Å²) in [5.74, 6) is -0.615. The van der Waals surface area contributed by atoms with Gasteiger partial charge in [0.25, 0.3) is 5.91 Å². The lowest BCUT2D eigenvalue weighted by Crippen LogP contribution is -2.04. The van der Waals surface area contributed by atoms with Crippen LogP contribution in [-0.4, -0.2) is 10.5 Å². The average molecular weight is 311 g/mol. The van der Waals surface area contributed by atoms with E-state index in [1.807, 2.05) is 42.5 Å². The first-order valence-corrected chi connectivity index (χ1v) is 6.94. The number of carbonyl (C=O) groups excluding carboxylic acids is 1. The number of amides is 1. The van der Waals surface area contributed by atoms with Crippen molar-refractivity contribution in [3.05, 3.63) is 69.7 Å². The van der Waals surface area contributed by atoms with Gasteiger partial charge in [0.05, 0.1) is 0 Å². The molecule has 0 atom stereocenters. The molecule has 0 aliphatic carbocycles. The third kappa shape index (κ3) is 2.22. The number of nitrogens with zero attached hydrogens (tertiary/aromatic N) is 4. The van der Waals surface area contributed by atoms with Crippen LogP contribution in [0.1, 0.15) is 10.5 Å². The molecule has 3 rings (SSSR count). The minimum Gasteiger partial charge on any atom is -0.341 e. The maximum atomic E-state index is 12.2. The van der Waals surface area contributed by atoms with Crippen molar-refractivity contribution in [3.63, 3.8) is 0 Å². The summed E-state index contributed by atoms with van der Waals surface area (Å²) >= 11 is 6.10. The molecule has 5 nitrogen and oxygen atoms in total. The number of hydrogen-bond donors (Lipinski definition) is 0. The van der Waals surface area contributed by atoms with E-state index in [1.165, 1.54) is 0 Å². The van der Waals surface area contributed by atoms with Crippen molar-refractivity contribution in [3.8, 4) is 11.1 Å². The van der Waals surface area contributed by atoms with E-state index in [1.54, 1.807) is 17.7 Å². The Labute approximate surface area is 131 Å². The van der Waals surface area contributed by atoms with E-state index in [0.29, 0.717) is 10.7 Å². The van der Waals surface area contributed by atoms with Crippen molar-refractivity contribution in [2.75, 3.05) is 0 Å². The number of halogens is 1. The van der Waals surface area contributed by atoms with Crippen LogP contribution in [0.25, 0.3) is 32.5 Å². The topological polar surface area (TPSA) is 70.8 Å². The van der Waals surface area contributed by atoms with Crippen molar-refractivity contribution in [1.82, 2.24) is 4.57 Å². The number of benzene rings is 2. The second kappa shape index (κ2) is 5.56. The summed E-state index contributed by atoms with van der Waals surface area (Å²) in [6.07, 6.45) is 0. The van der Waals surface area contributed by atoms with Crippen molar-refractivity contribution < 1.29 is 4.79 Å². The third-order valence-electron chi connectivity index (χ3n) is 3.56. The van der Waals surface area contributed by atoms with E-state index in [-0.39, 0.29) is 0 Å². The Bertz CT molecular complexity index is 924. The molecule has 0 fully saturated rings. The molecule has 0 saturated carbocycles. The molecule has 0 saturated heterocycles.